The van der Waals surface area contributed by atoms with E-state index in [-0.39, 0.29) is 0 Å². The summed E-state index contributed by atoms with van der Waals surface area (Å²) in [5.74, 6) is 0. The first-order valence-corrected chi connectivity index (χ1v) is 2.54. The molecule has 2 N–H and O–H groups in total. The maximum absolute atomic E-state index is 5.50. The van der Waals surface area contributed by atoms with Crippen molar-refractivity contribution in [2.45, 2.75) is 12.5 Å². The first-order valence-electron chi connectivity index (χ1n) is 2.54. The van der Waals surface area contributed by atoms with Gasteiger partial charge in [0.1, 0.15) is 0 Å². The first kappa shape index (κ1) is 5.13. The summed E-state index contributed by atoms with van der Waals surface area (Å²) in [7, 11) is 5.38. The lowest BCUT2D eigenvalue weighted by molar-refractivity contribution is 0.553. The lowest BCUT2D eigenvalue weighted by Crippen LogP contribution is -2.24. The van der Waals surface area contributed by atoms with Gasteiger partial charge in [-0.15, -0.1) is 0 Å². The van der Waals surface area contributed by atoms with Crippen molar-refractivity contribution in [3.05, 3.63) is 0 Å². The highest BCUT2D eigenvalue weighted by Gasteiger charge is 2.13. The van der Waals surface area contributed by atoms with Gasteiger partial charge in [-0.05, 0) is 13.0 Å². The molecule has 0 aromatic heterocycles. The zero-order valence-electron chi connectivity index (χ0n) is 4.30. The van der Waals surface area contributed by atoms with Crippen LogP contribution in [-0.2, 0) is 0 Å². The second-order valence-electron chi connectivity index (χ2n) is 2.04. The van der Waals surface area contributed by atoms with E-state index in [4.69, 9.17) is 13.7 Å². The number of rotatable bonds is 0. The van der Waals surface area contributed by atoms with E-state index in [0.717, 1.165) is 19.5 Å². The predicted molar refractivity (Wildman–Crippen MR) is 29.9 cm³/mol. The molecule has 2 radical (unpaired) electrons. The molecule has 1 atom stereocenters. The van der Waals surface area contributed by atoms with E-state index < -0.39 is 0 Å². The smallest absolute Gasteiger partial charge is 0.182 e. The van der Waals surface area contributed by atoms with Gasteiger partial charge < -0.3 is 10.5 Å². The van der Waals surface area contributed by atoms with Crippen molar-refractivity contribution < 1.29 is 0 Å². The molecule has 1 rings (SSSR count). The minimum atomic E-state index is 0.324. The zero-order chi connectivity index (χ0) is 5.28. The fraction of sp³-hybridized carbons (Fsp3) is 1.00. The van der Waals surface area contributed by atoms with E-state index in [0.29, 0.717) is 6.04 Å². The van der Waals surface area contributed by atoms with E-state index in [9.17, 15) is 0 Å². The van der Waals surface area contributed by atoms with Crippen LogP contribution in [0.4, 0.5) is 0 Å². The molecular formula is C4H9BN2. The molecule has 1 heterocycles. The molecule has 0 spiro atoms. The molecule has 0 amide bonds. The third-order valence-corrected chi connectivity index (χ3v) is 1.26. The second-order valence-corrected chi connectivity index (χ2v) is 2.04. The zero-order valence-corrected chi connectivity index (χ0v) is 4.30. The Labute approximate surface area is 45.1 Å². The Kier molecular flexibility index (Phi) is 1.35. The van der Waals surface area contributed by atoms with E-state index in [1.807, 2.05) is 0 Å². The van der Waals surface area contributed by atoms with Crippen molar-refractivity contribution in [2.75, 3.05) is 13.1 Å². The summed E-state index contributed by atoms with van der Waals surface area (Å²) in [5.41, 5.74) is 5.50. The van der Waals surface area contributed by atoms with Crippen LogP contribution in [0.2, 0.25) is 0 Å². The number of hydrogen-bond donors (Lipinski definition) is 1. The molecule has 1 aliphatic heterocycles. The van der Waals surface area contributed by atoms with Gasteiger partial charge in [0, 0.05) is 12.6 Å². The Morgan fingerprint density at radius 2 is 2.43 bits per heavy atom. The molecule has 38 valence electrons. The van der Waals surface area contributed by atoms with Crippen LogP contribution < -0.4 is 5.73 Å². The summed E-state index contributed by atoms with van der Waals surface area (Å²) in [6.07, 6.45) is 1.05. The molecule has 1 aliphatic rings. The van der Waals surface area contributed by atoms with E-state index in [1.54, 1.807) is 4.81 Å². The Balaban J connectivity index is 2.26. The van der Waals surface area contributed by atoms with Crippen LogP contribution in [-0.4, -0.2) is 31.9 Å². The molecule has 0 aromatic carbocycles. The van der Waals surface area contributed by atoms with Crippen molar-refractivity contribution in [1.82, 2.24) is 4.81 Å². The normalized spacial score (nSPS) is 34.1. The first-order chi connectivity index (χ1) is 3.29. The molecule has 0 bridgehead atoms. The van der Waals surface area contributed by atoms with Gasteiger partial charge in [-0.3, -0.25) is 0 Å². The number of nitrogens with two attached hydrogens (primary N) is 1. The maximum atomic E-state index is 5.50. The highest BCUT2D eigenvalue weighted by atomic mass is 15.1. The third-order valence-electron chi connectivity index (χ3n) is 1.26. The lowest BCUT2D eigenvalue weighted by Gasteiger charge is -2.03. The molecule has 7 heavy (non-hydrogen) atoms. The van der Waals surface area contributed by atoms with Gasteiger partial charge >= 0.3 is 0 Å². The van der Waals surface area contributed by atoms with Crippen LogP contribution in [0.25, 0.3) is 0 Å². The average molecular weight is 95.9 g/mol. The van der Waals surface area contributed by atoms with E-state index in [2.05, 4.69) is 0 Å². The highest BCUT2D eigenvalue weighted by molar-refractivity contribution is 6.04. The largest absolute Gasteiger partial charge is 0.352 e. The lowest BCUT2D eigenvalue weighted by atomic mass is 10.3. The third kappa shape index (κ3) is 1.18. The quantitative estimate of drug-likeness (QED) is 0.396. The van der Waals surface area contributed by atoms with Crippen LogP contribution in [0.15, 0.2) is 0 Å². The van der Waals surface area contributed by atoms with Gasteiger partial charge in [0.05, 0.1) is 0 Å². The van der Waals surface area contributed by atoms with Gasteiger partial charge in [-0.1, -0.05) is 0 Å². The minimum Gasteiger partial charge on any atom is -0.352 e. The summed E-state index contributed by atoms with van der Waals surface area (Å²) in [4.78, 5) is 1.75. The van der Waals surface area contributed by atoms with Crippen LogP contribution >= 0.6 is 0 Å². The molecule has 1 fully saturated rings. The highest BCUT2D eigenvalue weighted by Crippen LogP contribution is 2.01. The average Bonchev–Trinajstić information content (AvgIpc) is 1.87. The summed E-state index contributed by atoms with van der Waals surface area (Å²) < 4.78 is 0. The fourth-order valence-electron chi connectivity index (χ4n) is 0.815. The standard InChI is InChI=1S/C4H9BN2/c5-7-2-1-4(6)3-7/h4H,1-3,6H2. The molecule has 3 heteroatoms. The minimum absolute atomic E-state index is 0.324. The van der Waals surface area contributed by atoms with Crippen LogP contribution in [0.5, 0.6) is 0 Å². The summed E-state index contributed by atoms with van der Waals surface area (Å²) >= 11 is 0. The Bertz CT molecular complexity index is 58.7. The number of nitrogens with zero attached hydrogens (tertiary/aromatic N) is 1. The van der Waals surface area contributed by atoms with Crippen molar-refractivity contribution in [3.63, 3.8) is 0 Å². The summed E-state index contributed by atoms with van der Waals surface area (Å²) in [6.45, 7) is 1.82. The summed E-state index contributed by atoms with van der Waals surface area (Å²) in [6, 6.07) is 0.324. The number of hydrogen-bond acceptors (Lipinski definition) is 2. The molecule has 2 nitrogen and oxygen atoms in total. The van der Waals surface area contributed by atoms with Gasteiger partial charge in [0.15, 0.2) is 7.98 Å². The van der Waals surface area contributed by atoms with Gasteiger partial charge in [0.25, 0.3) is 0 Å². The van der Waals surface area contributed by atoms with Crippen LogP contribution in [0.1, 0.15) is 6.42 Å². The Morgan fingerprint density at radius 1 is 1.71 bits per heavy atom. The van der Waals surface area contributed by atoms with Crippen molar-refractivity contribution in [1.29, 1.82) is 0 Å². The predicted octanol–water partition coefficient (Wildman–Crippen LogP) is -0.897. The monoisotopic (exact) mass is 96.1 g/mol. The van der Waals surface area contributed by atoms with Gasteiger partial charge in [-0.2, -0.15) is 0 Å². The Morgan fingerprint density at radius 3 is 2.57 bits per heavy atom. The van der Waals surface area contributed by atoms with E-state index in [1.165, 1.54) is 0 Å². The molecular weight excluding hydrogens is 86.9 g/mol. The summed E-state index contributed by atoms with van der Waals surface area (Å²) in [5, 5.41) is 0. The topological polar surface area (TPSA) is 29.3 Å². The van der Waals surface area contributed by atoms with E-state index >= 15 is 0 Å². The van der Waals surface area contributed by atoms with Gasteiger partial charge in [0.2, 0.25) is 0 Å². The van der Waals surface area contributed by atoms with Gasteiger partial charge in [-0.25, -0.2) is 0 Å². The molecule has 0 aromatic rings. The molecule has 1 unspecified atom stereocenters. The van der Waals surface area contributed by atoms with Crippen molar-refractivity contribution in [2.24, 2.45) is 5.73 Å². The molecule has 0 saturated carbocycles. The SMILES string of the molecule is [B]N1CCC(N)C1. The van der Waals surface area contributed by atoms with Crippen LogP contribution in [0.3, 0.4) is 0 Å². The van der Waals surface area contributed by atoms with Crippen molar-refractivity contribution in [3.8, 4) is 0 Å². The second kappa shape index (κ2) is 1.84. The van der Waals surface area contributed by atoms with Crippen LogP contribution in [0, 0.1) is 0 Å². The van der Waals surface area contributed by atoms with Crippen molar-refractivity contribution >= 4 is 7.98 Å². The molecule has 0 aliphatic carbocycles. The molecule has 1 saturated heterocycles. The maximum Gasteiger partial charge on any atom is 0.182 e. The fourth-order valence-corrected chi connectivity index (χ4v) is 0.815. The Hall–Kier alpha value is -0.0151.